The average Bonchev–Trinajstić information content (AvgIpc) is 2.39. The van der Waals surface area contributed by atoms with Crippen LogP contribution in [0.4, 0.5) is 8.78 Å². The molecule has 0 amide bonds. The van der Waals surface area contributed by atoms with E-state index in [4.69, 9.17) is 10.00 Å². The molecule has 0 aliphatic rings. The second kappa shape index (κ2) is 6.00. The molecule has 0 aromatic heterocycles. The van der Waals surface area contributed by atoms with E-state index in [1.54, 1.807) is 0 Å². The molecule has 1 aromatic rings. The van der Waals surface area contributed by atoms with Gasteiger partial charge in [-0.2, -0.15) is 14.0 Å². The fourth-order valence-corrected chi connectivity index (χ4v) is 1.22. The predicted octanol–water partition coefficient (Wildman–Crippen LogP) is 2.10. The molecule has 0 atom stereocenters. The minimum atomic E-state index is -4.13. The number of hydrogen-bond acceptors (Lipinski definition) is 5. The lowest BCUT2D eigenvalue weighted by Crippen LogP contribution is -2.37. The Morgan fingerprint density at radius 3 is 2.63 bits per heavy atom. The molecule has 0 bridgehead atoms. The number of halogens is 2. The van der Waals surface area contributed by atoms with Gasteiger partial charge in [0.1, 0.15) is 0 Å². The molecule has 0 radical (unpaired) electrons. The maximum atomic E-state index is 13.4. The van der Waals surface area contributed by atoms with Crippen LogP contribution < -0.4 is 9.47 Å². The Labute approximate surface area is 108 Å². The molecule has 7 heteroatoms. The van der Waals surface area contributed by atoms with Crippen LogP contribution in [0.25, 0.3) is 0 Å². The first-order valence-corrected chi connectivity index (χ1v) is 5.26. The Hall–Kier alpha value is -2.36. The van der Waals surface area contributed by atoms with Crippen molar-refractivity contribution in [2.75, 3.05) is 13.7 Å². The molecule has 102 valence electrons. The van der Waals surface area contributed by atoms with Crippen LogP contribution in [0.15, 0.2) is 18.2 Å². The van der Waals surface area contributed by atoms with Gasteiger partial charge in [0, 0.05) is 6.07 Å². The van der Waals surface area contributed by atoms with E-state index in [0.29, 0.717) is 0 Å². The number of alkyl halides is 2. The Morgan fingerprint density at radius 1 is 1.42 bits per heavy atom. The summed E-state index contributed by atoms with van der Waals surface area (Å²) in [4.78, 5) is 11.0. The Bertz CT molecular complexity index is 511. The van der Waals surface area contributed by atoms with Crippen molar-refractivity contribution in [3.05, 3.63) is 23.8 Å². The van der Waals surface area contributed by atoms with Gasteiger partial charge in [-0.3, -0.25) is 0 Å². The summed E-state index contributed by atoms with van der Waals surface area (Å²) in [6, 6.07) is 5.42. The molecular formula is C12H11F2NO4. The number of benzene rings is 1. The van der Waals surface area contributed by atoms with Crippen LogP contribution in [0, 0.1) is 11.3 Å². The van der Waals surface area contributed by atoms with Gasteiger partial charge >= 0.3 is 12.1 Å². The quantitative estimate of drug-likeness (QED) is 0.767. The fraction of sp³-hybridized carbons (Fsp3) is 0.333. The third kappa shape index (κ3) is 3.55. The molecule has 0 N–H and O–H groups in total. The minimum Gasteiger partial charge on any atom is -0.493 e. The van der Waals surface area contributed by atoms with E-state index in [2.05, 4.69) is 9.47 Å². The van der Waals surface area contributed by atoms with E-state index in [9.17, 15) is 13.6 Å². The fourth-order valence-electron chi connectivity index (χ4n) is 1.22. The predicted molar refractivity (Wildman–Crippen MR) is 59.9 cm³/mol. The first kappa shape index (κ1) is 14.7. The standard InChI is InChI=1S/C12H11F2NO4/c1-3-18-11(16)12(13,14)19-9-5-4-8(7-15)6-10(9)17-2/h4-6H,3H2,1-2H3. The lowest BCUT2D eigenvalue weighted by atomic mass is 10.2. The van der Waals surface area contributed by atoms with Gasteiger partial charge in [0.05, 0.1) is 25.3 Å². The summed E-state index contributed by atoms with van der Waals surface area (Å²) in [6.07, 6.45) is -4.13. The molecule has 0 unspecified atom stereocenters. The summed E-state index contributed by atoms with van der Waals surface area (Å²) in [6.45, 7) is 1.21. The number of ether oxygens (including phenoxy) is 3. The van der Waals surface area contributed by atoms with E-state index in [1.807, 2.05) is 6.07 Å². The third-order valence-corrected chi connectivity index (χ3v) is 2.04. The van der Waals surface area contributed by atoms with Crippen molar-refractivity contribution in [2.45, 2.75) is 13.0 Å². The maximum Gasteiger partial charge on any atom is 0.502 e. The van der Waals surface area contributed by atoms with Crippen molar-refractivity contribution >= 4 is 5.97 Å². The molecule has 0 saturated heterocycles. The first-order chi connectivity index (χ1) is 8.94. The minimum absolute atomic E-state index is 0.0805. The second-order valence-electron chi connectivity index (χ2n) is 3.32. The van der Waals surface area contributed by atoms with E-state index in [-0.39, 0.29) is 23.7 Å². The Morgan fingerprint density at radius 2 is 2.11 bits per heavy atom. The third-order valence-electron chi connectivity index (χ3n) is 2.04. The van der Waals surface area contributed by atoms with Crippen LogP contribution in [0.5, 0.6) is 11.5 Å². The summed E-state index contributed by atoms with van der Waals surface area (Å²) >= 11 is 0. The lowest BCUT2D eigenvalue weighted by molar-refractivity contribution is -0.216. The van der Waals surface area contributed by atoms with Gasteiger partial charge in [0.25, 0.3) is 0 Å². The summed E-state index contributed by atoms with van der Waals surface area (Å²) in [7, 11) is 1.23. The normalized spacial score (nSPS) is 10.5. The van der Waals surface area contributed by atoms with Crippen LogP contribution in [-0.2, 0) is 9.53 Å². The maximum absolute atomic E-state index is 13.4. The molecule has 5 nitrogen and oxygen atoms in total. The molecular weight excluding hydrogens is 260 g/mol. The number of hydrogen-bond donors (Lipinski definition) is 0. The molecule has 0 fully saturated rings. The largest absolute Gasteiger partial charge is 0.502 e. The number of nitriles is 1. The van der Waals surface area contributed by atoms with Crippen LogP contribution in [0.1, 0.15) is 12.5 Å². The molecule has 0 heterocycles. The monoisotopic (exact) mass is 271 g/mol. The van der Waals surface area contributed by atoms with Crippen molar-refractivity contribution in [3.63, 3.8) is 0 Å². The first-order valence-electron chi connectivity index (χ1n) is 5.26. The van der Waals surface area contributed by atoms with E-state index >= 15 is 0 Å². The number of methoxy groups -OCH3 is 1. The summed E-state index contributed by atoms with van der Waals surface area (Å²) < 4.78 is 40.0. The highest BCUT2D eigenvalue weighted by molar-refractivity contribution is 5.76. The van der Waals surface area contributed by atoms with Crippen molar-refractivity contribution in [2.24, 2.45) is 0 Å². The lowest BCUT2D eigenvalue weighted by Gasteiger charge is -2.17. The summed E-state index contributed by atoms with van der Waals surface area (Å²) in [5, 5.41) is 8.67. The van der Waals surface area contributed by atoms with Crippen LogP contribution in [0.2, 0.25) is 0 Å². The smallest absolute Gasteiger partial charge is 0.493 e. The molecule has 0 spiro atoms. The van der Waals surface area contributed by atoms with Crippen molar-refractivity contribution in [1.82, 2.24) is 0 Å². The van der Waals surface area contributed by atoms with Gasteiger partial charge in [-0.25, -0.2) is 4.79 Å². The molecule has 1 aromatic carbocycles. The van der Waals surface area contributed by atoms with Crippen LogP contribution >= 0.6 is 0 Å². The van der Waals surface area contributed by atoms with Crippen LogP contribution in [-0.4, -0.2) is 25.8 Å². The second-order valence-corrected chi connectivity index (χ2v) is 3.32. The zero-order chi connectivity index (χ0) is 14.5. The van der Waals surface area contributed by atoms with Gasteiger partial charge < -0.3 is 14.2 Å². The zero-order valence-corrected chi connectivity index (χ0v) is 10.3. The Balaban J connectivity index is 2.99. The van der Waals surface area contributed by atoms with Gasteiger partial charge in [-0.05, 0) is 19.1 Å². The summed E-state index contributed by atoms with van der Waals surface area (Å²) in [5.74, 6) is -2.23. The zero-order valence-electron chi connectivity index (χ0n) is 10.3. The summed E-state index contributed by atoms with van der Waals surface area (Å²) in [5.41, 5.74) is 0.212. The van der Waals surface area contributed by atoms with Crippen molar-refractivity contribution in [3.8, 4) is 17.6 Å². The van der Waals surface area contributed by atoms with Gasteiger partial charge in [-0.15, -0.1) is 0 Å². The van der Waals surface area contributed by atoms with E-state index in [0.717, 1.165) is 6.07 Å². The van der Waals surface area contributed by atoms with Gasteiger partial charge in [0.2, 0.25) is 0 Å². The molecule has 19 heavy (non-hydrogen) atoms. The molecule has 0 aliphatic carbocycles. The molecule has 1 rings (SSSR count). The number of nitrogens with zero attached hydrogens (tertiary/aromatic N) is 1. The Kier molecular flexibility index (Phi) is 4.64. The highest BCUT2D eigenvalue weighted by Crippen LogP contribution is 2.32. The van der Waals surface area contributed by atoms with Crippen molar-refractivity contribution < 1.29 is 27.8 Å². The number of esters is 1. The van der Waals surface area contributed by atoms with Gasteiger partial charge in [-0.1, -0.05) is 0 Å². The molecule has 0 aliphatic heterocycles. The topological polar surface area (TPSA) is 68.5 Å². The number of rotatable bonds is 5. The number of carbonyl (C=O) groups excluding carboxylic acids is 1. The van der Waals surface area contributed by atoms with E-state index < -0.39 is 12.1 Å². The highest BCUT2D eigenvalue weighted by Gasteiger charge is 2.44. The van der Waals surface area contributed by atoms with Gasteiger partial charge in [0.15, 0.2) is 11.5 Å². The van der Waals surface area contributed by atoms with Crippen LogP contribution in [0.3, 0.4) is 0 Å². The van der Waals surface area contributed by atoms with Crippen molar-refractivity contribution in [1.29, 1.82) is 5.26 Å². The molecule has 0 saturated carbocycles. The average molecular weight is 271 g/mol. The number of carbonyl (C=O) groups is 1. The highest BCUT2D eigenvalue weighted by atomic mass is 19.3. The SMILES string of the molecule is CCOC(=O)C(F)(F)Oc1ccc(C#N)cc1OC. The van der Waals surface area contributed by atoms with E-state index in [1.165, 1.54) is 26.2 Å².